The second kappa shape index (κ2) is 4.61. The zero-order valence-electron chi connectivity index (χ0n) is 10.7. The predicted molar refractivity (Wildman–Crippen MR) is 74.4 cm³/mol. The van der Waals surface area contributed by atoms with Gasteiger partial charge in [0, 0.05) is 25.0 Å². The molecule has 0 aliphatic carbocycles. The molecule has 96 valence electrons. The van der Waals surface area contributed by atoms with E-state index in [0.29, 0.717) is 12.2 Å². The zero-order valence-corrected chi connectivity index (χ0v) is 10.7. The number of nitrogens with zero attached hydrogens (tertiary/aromatic N) is 4. The van der Waals surface area contributed by atoms with Gasteiger partial charge in [0.1, 0.15) is 5.69 Å². The normalized spacial score (nSPS) is 10.8. The molecule has 0 atom stereocenters. The van der Waals surface area contributed by atoms with Crippen LogP contribution < -0.4 is 5.73 Å². The van der Waals surface area contributed by atoms with Gasteiger partial charge in [-0.05, 0) is 5.56 Å². The van der Waals surface area contributed by atoms with Crippen LogP contribution in [0.5, 0.6) is 0 Å². The molecule has 0 aliphatic rings. The van der Waals surface area contributed by atoms with Gasteiger partial charge in [0.25, 0.3) is 0 Å². The molecule has 5 heteroatoms. The van der Waals surface area contributed by atoms with E-state index < -0.39 is 0 Å². The van der Waals surface area contributed by atoms with Crippen molar-refractivity contribution in [3.63, 3.8) is 0 Å². The average Bonchev–Trinajstić information content (AvgIpc) is 2.97. The Morgan fingerprint density at radius 3 is 2.63 bits per heavy atom. The summed E-state index contributed by atoms with van der Waals surface area (Å²) in [5.74, 6) is 0. The van der Waals surface area contributed by atoms with E-state index in [4.69, 9.17) is 5.73 Å². The van der Waals surface area contributed by atoms with Crippen molar-refractivity contribution in [2.75, 3.05) is 5.73 Å². The quantitative estimate of drug-likeness (QED) is 0.775. The SMILES string of the molecule is Cn1cc(-c2nn(Cc3ccccc3)cc2N)cn1. The standard InChI is InChI=1S/C14H15N5/c1-18-9-12(7-16-18)14-13(15)10-19(17-14)8-11-5-3-2-4-6-11/h2-7,9-10H,8,15H2,1H3. The number of hydrogen-bond donors (Lipinski definition) is 1. The van der Waals surface area contributed by atoms with Crippen LogP contribution in [0.1, 0.15) is 5.56 Å². The van der Waals surface area contributed by atoms with Crippen LogP contribution in [0.15, 0.2) is 48.9 Å². The number of aromatic nitrogens is 4. The summed E-state index contributed by atoms with van der Waals surface area (Å²) in [6.07, 6.45) is 5.53. The summed E-state index contributed by atoms with van der Waals surface area (Å²) in [5, 5.41) is 8.67. The highest BCUT2D eigenvalue weighted by Gasteiger charge is 2.10. The molecule has 0 unspecified atom stereocenters. The van der Waals surface area contributed by atoms with Crippen LogP contribution >= 0.6 is 0 Å². The molecule has 0 saturated carbocycles. The number of benzene rings is 1. The first-order chi connectivity index (χ1) is 9.22. The van der Waals surface area contributed by atoms with E-state index in [2.05, 4.69) is 22.3 Å². The minimum absolute atomic E-state index is 0.670. The van der Waals surface area contributed by atoms with Crippen LogP contribution in [0.2, 0.25) is 0 Å². The molecule has 0 amide bonds. The molecule has 2 N–H and O–H groups in total. The van der Waals surface area contributed by atoms with Gasteiger partial charge in [-0.15, -0.1) is 0 Å². The van der Waals surface area contributed by atoms with E-state index in [9.17, 15) is 0 Å². The second-order valence-electron chi connectivity index (χ2n) is 4.52. The van der Waals surface area contributed by atoms with Crippen LogP contribution in [-0.2, 0) is 13.6 Å². The molecule has 0 fully saturated rings. The Balaban J connectivity index is 1.89. The fourth-order valence-corrected chi connectivity index (χ4v) is 2.06. The molecule has 2 heterocycles. The van der Waals surface area contributed by atoms with Crippen LogP contribution in [0.3, 0.4) is 0 Å². The number of hydrogen-bond acceptors (Lipinski definition) is 3. The Kier molecular flexibility index (Phi) is 2.79. The maximum absolute atomic E-state index is 6.02. The molecule has 0 aliphatic heterocycles. The Hall–Kier alpha value is -2.56. The van der Waals surface area contributed by atoms with E-state index in [1.165, 1.54) is 5.56 Å². The van der Waals surface area contributed by atoms with Gasteiger partial charge in [-0.2, -0.15) is 10.2 Å². The fourth-order valence-electron chi connectivity index (χ4n) is 2.06. The van der Waals surface area contributed by atoms with Gasteiger partial charge in [0.15, 0.2) is 0 Å². The summed E-state index contributed by atoms with van der Waals surface area (Å²) >= 11 is 0. The molecular formula is C14H15N5. The van der Waals surface area contributed by atoms with Crippen LogP contribution in [0.4, 0.5) is 5.69 Å². The van der Waals surface area contributed by atoms with Crippen molar-refractivity contribution in [3.05, 3.63) is 54.5 Å². The summed E-state index contributed by atoms with van der Waals surface area (Å²) in [6, 6.07) is 10.2. The minimum Gasteiger partial charge on any atom is -0.396 e. The molecule has 0 radical (unpaired) electrons. The molecule has 2 aromatic heterocycles. The van der Waals surface area contributed by atoms with Crippen molar-refractivity contribution < 1.29 is 0 Å². The first kappa shape index (κ1) is 11.5. The largest absolute Gasteiger partial charge is 0.396 e. The molecule has 3 aromatic rings. The number of anilines is 1. The minimum atomic E-state index is 0.670. The van der Waals surface area contributed by atoms with E-state index >= 15 is 0 Å². The molecule has 1 aromatic carbocycles. The molecule has 3 rings (SSSR count). The third-order valence-corrected chi connectivity index (χ3v) is 2.96. The van der Waals surface area contributed by atoms with Gasteiger partial charge in [-0.1, -0.05) is 30.3 Å². The second-order valence-corrected chi connectivity index (χ2v) is 4.52. The van der Waals surface area contributed by atoms with E-state index in [0.717, 1.165) is 11.3 Å². The van der Waals surface area contributed by atoms with Crippen molar-refractivity contribution in [2.45, 2.75) is 6.54 Å². The number of rotatable bonds is 3. The highest BCUT2D eigenvalue weighted by atomic mass is 15.3. The molecule has 5 nitrogen and oxygen atoms in total. The van der Waals surface area contributed by atoms with Gasteiger partial charge in [0.05, 0.1) is 18.4 Å². The molecule has 0 saturated heterocycles. The first-order valence-corrected chi connectivity index (χ1v) is 6.08. The summed E-state index contributed by atoms with van der Waals surface area (Å²) in [6.45, 7) is 0.714. The fraction of sp³-hybridized carbons (Fsp3) is 0.143. The van der Waals surface area contributed by atoms with Gasteiger partial charge >= 0.3 is 0 Å². The van der Waals surface area contributed by atoms with Crippen molar-refractivity contribution >= 4 is 5.69 Å². The first-order valence-electron chi connectivity index (χ1n) is 6.08. The monoisotopic (exact) mass is 253 g/mol. The number of aryl methyl sites for hydroxylation is 1. The molecular weight excluding hydrogens is 238 g/mol. The smallest absolute Gasteiger partial charge is 0.118 e. The summed E-state index contributed by atoms with van der Waals surface area (Å²) < 4.78 is 3.60. The van der Waals surface area contributed by atoms with Crippen molar-refractivity contribution in [1.82, 2.24) is 19.6 Å². The summed E-state index contributed by atoms with van der Waals surface area (Å²) in [5.41, 5.74) is 9.60. The topological polar surface area (TPSA) is 61.7 Å². The van der Waals surface area contributed by atoms with Gasteiger partial charge in [0.2, 0.25) is 0 Å². The van der Waals surface area contributed by atoms with Crippen molar-refractivity contribution in [1.29, 1.82) is 0 Å². The Morgan fingerprint density at radius 1 is 1.16 bits per heavy atom. The third kappa shape index (κ3) is 2.35. The lowest BCUT2D eigenvalue weighted by Crippen LogP contribution is -1.99. The lowest BCUT2D eigenvalue weighted by Gasteiger charge is -2.00. The molecule has 0 bridgehead atoms. The van der Waals surface area contributed by atoms with Crippen molar-refractivity contribution in [3.8, 4) is 11.3 Å². The van der Waals surface area contributed by atoms with Crippen LogP contribution in [-0.4, -0.2) is 19.6 Å². The molecule has 19 heavy (non-hydrogen) atoms. The lowest BCUT2D eigenvalue weighted by molar-refractivity contribution is 0.689. The maximum atomic E-state index is 6.02. The van der Waals surface area contributed by atoms with E-state index in [1.807, 2.05) is 42.3 Å². The van der Waals surface area contributed by atoms with Gasteiger partial charge in [-0.25, -0.2) is 0 Å². The van der Waals surface area contributed by atoms with E-state index in [1.54, 1.807) is 10.9 Å². The average molecular weight is 253 g/mol. The number of nitrogens with two attached hydrogens (primary N) is 1. The van der Waals surface area contributed by atoms with Crippen LogP contribution in [0.25, 0.3) is 11.3 Å². The predicted octanol–water partition coefficient (Wildman–Crippen LogP) is 1.91. The van der Waals surface area contributed by atoms with Gasteiger partial charge < -0.3 is 5.73 Å². The summed E-state index contributed by atoms with van der Waals surface area (Å²) in [7, 11) is 1.88. The maximum Gasteiger partial charge on any atom is 0.118 e. The Bertz CT molecular complexity index is 681. The Morgan fingerprint density at radius 2 is 1.95 bits per heavy atom. The third-order valence-electron chi connectivity index (χ3n) is 2.96. The Labute approximate surface area is 111 Å². The highest BCUT2D eigenvalue weighted by molar-refractivity contribution is 5.70. The number of nitrogen functional groups attached to an aromatic ring is 1. The highest BCUT2D eigenvalue weighted by Crippen LogP contribution is 2.23. The van der Waals surface area contributed by atoms with Gasteiger partial charge in [-0.3, -0.25) is 9.36 Å². The van der Waals surface area contributed by atoms with Crippen molar-refractivity contribution in [2.24, 2.45) is 7.05 Å². The lowest BCUT2D eigenvalue weighted by atomic mass is 10.2. The van der Waals surface area contributed by atoms with Crippen LogP contribution in [0, 0.1) is 0 Å². The van der Waals surface area contributed by atoms with E-state index in [-0.39, 0.29) is 0 Å². The summed E-state index contributed by atoms with van der Waals surface area (Å²) in [4.78, 5) is 0. The zero-order chi connectivity index (χ0) is 13.2. The molecule has 0 spiro atoms.